The van der Waals surface area contributed by atoms with Crippen LogP contribution in [0.3, 0.4) is 0 Å². The molecule has 2 bridgehead atoms. The normalized spacial score (nSPS) is 30.1. The van der Waals surface area contributed by atoms with Crippen LogP contribution in [0.1, 0.15) is 68.9 Å². The Morgan fingerprint density at radius 2 is 1.91 bits per heavy atom. The molecule has 2 N–H and O–H groups in total. The van der Waals surface area contributed by atoms with Gasteiger partial charge in [-0.15, -0.1) is 0 Å². The number of nitrogens with one attached hydrogen (secondary N) is 1. The van der Waals surface area contributed by atoms with Crippen molar-refractivity contribution in [2.45, 2.75) is 87.4 Å². The third kappa shape index (κ3) is 4.38. The van der Waals surface area contributed by atoms with Crippen LogP contribution in [-0.4, -0.2) is 77.1 Å². The second-order valence-electron chi connectivity index (χ2n) is 14.8. The molecule has 6 fully saturated rings. The second-order valence-corrected chi connectivity index (χ2v) is 14.8. The van der Waals surface area contributed by atoms with Gasteiger partial charge in [0.1, 0.15) is 35.7 Å². The summed E-state index contributed by atoms with van der Waals surface area (Å²) < 4.78 is 54.2. The number of phenolic OH excluding ortho intramolecular Hbond substituents is 1. The van der Waals surface area contributed by atoms with E-state index in [1.807, 2.05) is 0 Å². The minimum absolute atomic E-state index is 0.0158. The van der Waals surface area contributed by atoms with E-state index < -0.39 is 23.3 Å². The van der Waals surface area contributed by atoms with E-state index in [4.69, 9.17) is 9.72 Å². The Balaban J connectivity index is 1.19. The average Bonchev–Trinajstić information content (AvgIpc) is 3.56. The van der Waals surface area contributed by atoms with E-state index in [2.05, 4.69) is 20.1 Å². The highest BCUT2D eigenvalue weighted by Gasteiger charge is 2.50. The standard InChI is InChI=1S/C35H40F3N5O2/c36-22-14-35(8-2-10-43(35)17-22)19-45-33-40-31-26(32(41-33)42-16-20-3-4-23(18-42)39-15-20)13-27(37)28(30(31)38)25-12-24(44)11-21-5-9-34(29(21)25)6-1-7-34/h11-13,20,22-23,39,44H,1-10,14-19H2/t20?,22-,23?,35+/m1/s1. The quantitative estimate of drug-likeness (QED) is 0.375. The number of aromatic nitrogens is 2. The van der Waals surface area contributed by atoms with Gasteiger partial charge in [0.15, 0.2) is 5.82 Å². The number of benzene rings is 2. The molecule has 1 spiro atoms. The molecule has 7 aliphatic rings. The molecule has 3 aromatic rings. The summed E-state index contributed by atoms with van der Waals surface area (Å²) in [6, 6.07) is 4.97. The third-order valence-electron chi connectivity index (χ3n) is 12.1. The van der Waals surface area contributed by atoms with E-state index in [9.17, 15) is 9.50 Å². The summed E-state index contributed by atoms with van der Waals surface area (Å²) in [4.78, 5) is 13.8. The number of fused-ring (bicyclic) bond motifs is 8. The van der Waals surface area contributed by atoms with Crippen LogP contribution in [0.2, 0.25) is 0 Å². The van der Waals surface area contributed by atoms with E-state index in [0.717, 1.165) is 88.5 Å². The van der Waals surface area contributed by atoms with Crippen molar-refractivity contribution in [3.63, 3.8) is 0 Å². The zero-order valence-corrected chi connectivity index (χ0v) is 25.6. The minimum atomic E-state index is -0.895. The van der Waals surface area contributed by atoms with Crippen molar-refractivity contribution in [2.75, 3.05) is 44.2 Å². The second kappa shape index (κ2) is 10.2. The summed E-state index contributed by atoms with van der Waals surface area (Å²) in [7, 11) is 0. The van der Waals surface area contributed by atoms with Crippen molar-refractivity contribution in [2.24, 2.45) is 5.92 Å². The van der Waals surface area contributed by atoms with Crippen LogP contribution in [-0.2, 0) is 11.8 Å². The van der Waals surface area contributed by atoms with Gasteiger partial charge in [0.2, 0.25) is 0 Å². The molecule has 6 heterocycles. The lowest BCUT2D eigenvalue weighted by Crippen LogP contribution is -2.43. The highest BCUT2D eigenvalue weighted by molar-refractivity contribution is 5.94. The number of ether oxygens (including phenoxy) is 1. The van der Waals surface area contributed by atoms with E-state index in [-0.39, 0.29) is 40.9 Å². The van der Waals surface area contributed by atoms with Gasteiger partial charge in [-0.2, -0.15) is 9.97 Å². The SMILES string of the molecule is Oc1cc2c(c(-c3c(F)cc4c(N5CC6CCC(C5)NC6)nc(OC[C@@]56CCCN5C[C@H](F)C6)nc4c3F)c1)C1(CCC1)CC2. The zero-order valence-electron chi connectivity index (χ0n) is 25.6. The van der Waals surface area contributed by atoms with E-state index in [1.165, 1.54) is 12.1 Å². The number of aromatic hydroxyl groups is 1. The van der Waals surface area contributed by atoms with Crippen LogP contribution >= 0.6 is 0 Å². The number of nitrogens with zero attached hydrogens (tertiary/aromatic N) is 4. The van der Waals surface area contributed by atoms with E-state index >= 15 is 8.78 Å². The molecule has 1 saturated carbocycles. The molecule has 238 valence electrons. The van der Waals surface area contributed by atoms with E-state index in [0.29, 0.717) is 42.2 Å². The summed E-state index contributed by atoms with van der Waals surface area (Å²) >= 11 is 0. The van der Waals surface area contributed by atoms with Crippen molar-refractivity contribution in [3.05, 3.63) is 41.0 Å². The van der Waals surface area contributed by atoms with Crippen LogP contribution in [0, 0.1) is 17.6 Å². The van der Waals surface area contributed by atoms with Crippen molar-refractivity contribution < 1.29 is 23.0 Å². The largest absolute Gasteiger partial charge is 0.508 e. The van der Waals surface area contributed by atoms with Crippen LogP contribution < -0.4 is 15.0 Å². The first-order valence-corrected chi connectivity index (χ1v) is 16.9. The maximum atomic E-state index is 17.0. The van der Waals surface area contributed by atoms with Gasteiger partial charge in [0, 0.05) is 37.5 Å². The number of halogens is 3. The van der Waals surface area contributed by atoms with Crippen LogP contribution in [0.15, 0.2) is 18.2 Å². The fraction of sp³-hybridized carbons (Fsp3) is 0.600. The maximum Gasteiger partial charge on any atom is 0.319 e. The van der Waals surface area contributed by atoms with Gasteiger partial charge in [-0.1, -0.05) is 6.42 Å². The number of aryl methyl sites for hydroxylation is 1. The molecule has 7 nitrogen and oxygen atoms in total. The molecule has 1 aromatic heterocycles. The molecule has 5 aliphatic heterocycles. The molecular weight excluding hydrogens is 579 g/mol. The fourth-order valence-corrected chi connectivity index (χ4v) is 9.78. The van der Waals surface area contributed by atoms with Crippen LogP contribution in [0.5, 0.6) is 11.8 Å². The van der Waals surface area contributed by atoms with Gasteiger partial charge in [-0.05, 0) is 111 Å². The molecule has 2 unspecified atom stereocenters. The van der Waals surface area contributed by atoms with Gasteiger partial charge < -0.3 is 20.1 Å². The van der Waals surface area contributed by atoms with Gasteiger partial charge in [-0.25, -0.2) is 13.2 Å². The number of piperidine rings is 1. The first-order valence-electron chi connectivity index (χ1n) is 16.9. The summed E-state index contributed by atoms with van der Waals surface area (Å²) in [5, 5.41) is 14.6. The average molecular weight is 620 g/mol. The number of anilines is 1. The monoisotopic (exact) mass is 619 g/mol. The highest BCUT2D eigenvalue weighted by Crippen LogP contribution is 2.57. The van der Waals surface area contributed by atoms with Crippen molar-refractivity contribution in [1.29, 1.82) is 0 Å². The maximum absolute atomic E-state index is 17.0. The van der Waals surface area contributed by atoms with Crippen molar-refractivity contribution in [3.8, 4) is 22.9 Å². The number of hydrogen-bond donors (Lipinski definition) is 2. The smallest absolute Gasteiger partial charge is 0.319 e. The molecule has 45 heavy (non-hydrogen) atoms. The zero-order chi connectivity index (χ0) is 30.5. The molecule has 2 aromatic carbocycles. The summed E-state index contributed by atoms with van der Waals surface area (Å²) in [5.74, 6) is -0.529. The Morgan fingerprint density at radius 3 is 2.71 bits per heavy atom. The summed E-state index contributed by atoms with van der Waals surface area (Å²) in [5.41, 5.74) is 1.77. The molecule has 0 amide bonds. The Bertz CT molecular complexity index is 1680. The van der Waals surface area contributed by atoms with Crippen LogP contribution in [0.4, 0.5) is 19.0 Å². The molecule has 10 heteroatoms. The molecule has 0 radical (unpaired) electrons. The summed E-state index contributed by atoms with van der Waals surface area (Å²) in [6.45, 7) is 3.78. The summed E-state index contributed by atoms with van der Waals surface area (Å²) in [6.07, 6.45) is 8.27. The third-order valence-corrected chi connectivity index (χ3v) is 12.1. The Hall–Kier alpha value is -3.11. The van der Waals surface area contributed by atoms with Gasteiger partial charge in [-0.3, -0.25) is 4.90 Å². The predicted molar refractivity (Wildman–Crippen MR) is 166 cm³/mol. The molecular formula is C35H40F3N5O2. The number of hydrogen-bond acceptors (Lipinski definition) is 7. The van der Waals surface area contributed by atoms with Gasteiger partial charge in [0.25, 0.3) is 0 Å². The molecule has 2 aliphatic carbocycles. The van der Waals surface area contributed by atoms with E-state index in [1.54, 1.807) is 6.07 Å². The molecule has 4 atom stereocenters. The van der Waals surface area contributed by atoms with Crippen molar-refractivity contribution in [1.82, 2.24) is 20.2 Å². The lowest BCUT2D eigenvalue weighted by atomic mass is 9.63. The number of phenols is 1. The molecule has 10 rings (SSSR count). The topological polar surface area (TPSA) is 73.8 Å². The van der Waals surface area contributed by atoms with Crippen molar-refractivity contribution >= 4 is 16.7 Å². The Labute approximate surface area is 261 Å². The number of rotatable bonds is 5. The Morgan fingerprint density at radius 1 is 1.02 bits per heavy atom. The Kier molecular flexibility index (Phi) is 6.37. The van der Waals surface area contributed by atoms with Gasteiger partial charge in [0.05, 0.1) is 11.1 Å². The fourth-order valence-electron chi connectivity index (χ4n) is 9.78. The lowest BCUT2D eigenvalue weighted by Gasteiger charge is -2.40. The first-order chi connectivity index (χ1) is 21.8. The molecule has 5 saturated heterocycles. The van der Waals surface area contributed by atoms with Gasteiger partial charge >= 0.3 is 6.01 Å². The first kappa shape index (κ1) is 28.1. The highest BCUT2D eigenvalue weighted by atomic mass is 19.1. The van der Waals surface area contributed by atoms with Crippen LogP contribution in [0.25, 0.3) is 22.0 Å². The predicted octanol–water partition coefficient (Wildman–Crippen LogP) is 5.79. The minimum Gasteiger partial charge on any atom is -0.508 e. The lowest BCUT2D eigenvalue weighted by molar-refractivity contribution is 0.107. The number of alkyl halides is 1.